The summed E-state index contributed by atoms with van der Waals surface area (Å²) in [6.45, 7) is 1.84. The van der Waals surface area contributed by atoms with Crippen molar-refractivity contribution < 1.29 is 18.9 Å². The number of nitrogens with zero attached hydrogens (tertiary/aromatic N) is 1. The van der Waals surface area contributed by atoms with Gasteiger partial charge in [-0.1, -0.05) is 0 Å². The van der Waals surface area contributed by atoms with Gasteiger partial charge in [-0.15, -0.1) is 0 Å². The van der Waals surface area contributed by atoms with E-state index >= 15 is 0 Å². The highest BCUT2D eigenvalue weighted by Crippen LogP contribution is 2.37. The summed E-state index contributed by atoms with van der Waals surface area (Å²) in [5.74, 6) is 0.902. The minimum Gasteiger partial charge on any atom is -0.490 e. The van der Waals surface area contributed by atoms with E-state index in [-0.39, 0.29) is 11.9 Å². The van der Waals surface area contributed by atoms with Crippen LogP contribution in [0.25, 0.3) is 11.0 Å². The van der Waals surface area contributed by atoms with Crippen molar-refractivity contribution in [3.8, 4) is 11.5 Å². The zero-order chi connectivity index (χ0) is 17.6. The summed E-state index contributed by atoms with van der Waals surface area (Å²) in [6, 6.07) is 7.96. The predicted octanol–water partition coefficient (Wildman–Crippen LogP) is 2.29. The van der Waals surface area contributed by atoms with Gasteiger partial charge in [-0.25, -0.2) is 4.79 Å². The minimum absolute atomic E-state index is 0.120. The van der Waals surface area contributed by atoms with E-state index < -0.39 is 12.7 Å². The molecule has 0 saturated carbocycles. The monoisotopic (exact) mass is 343 g/mol. The molecule has 2 fully saturated rings. The molecule has 25 heavy (non-hydrogen) atoms. The molecule has 2 aliphatic rings. The average Bonchev–Trinajstić information content (AvgIpc) is 2.86. The third-order valence-corrected chi connectivity index (χ3v) is 5.38. The maximum absolute atomic E-state index is 11.8. The molecule has 0 spiro atoms. The number of hydrogen-bond acceptors (Lipinski definition) is 6. The van der Waals surface area contributed by atoms with E-state index in [1.165, 1.54) is 7.11 Å². The molecule has 2 bridgehead atoms. The van der Waals surface area contributed by atoms with Gasteiger partial charge in [-0.05, 0) is 50.7 Å². The van der Waals surface area contributed by atoms with Crippen LogP contribution in [0.3, 0.4) is 0 Å². The Bertz CT molecular complexity index is 822. The lowest BCUT2D eigenvalue weighted by atomic mass is 9.79. The van der Waals surface area contributed by atoms with Gasteiger partial charge in [0.05, 0.1) is 7.11 Å². The molecule has 7 heteroatoms. The fraction of sp³-hybridized carbons (Fsp3) is 0.500. The number of methoxy groups -OCH3 is 1. The summed E-state index contributed by atoms with van der Waals surface area (Å²) in [5, 5.41) is 10.8. The lowest BCUT2D eigenvalue weighted by Crippen LogP contribution is -2.52. The van der Waals surface area contributed by atoms with E-state index in [9.17, 15) is 9.82 Å². The first-order chi connectivity index (χ1) is 12.0. The van der Waals surface area contributed by atoms with E-state index in [1.807, 2.05) is 19.0 Å². The van der Waals surface area contributed by atoms with E-state index in [0.29, 0.717) is 23.4 Å². The fourth-order valence-corrected chi connectivity index (χ4v) is 4.35. The Morgan fingerprint density at radius 3 is 2.60 bits per heavy atom. The topological polar surface area (TPSA) is 72.1 Å². The Morgan fingerprint density at radius 2 is 1.96 bits per heavy atom. The third-order valence-electron chi connectivity index (χ3n) is 5.38. The van der Waals surface area contributed by atoms with Gasteiger partial charge in [-0.3, -0.25) is 0 Å². The molecule has 1 aromatic heterocycles. The maximum Gasteiger partial charge on any atom is 0.379 e. The van der Waals surface area contributed by atoms with Crippen molar-refractivity contribution >= 4 is 18.0 Å². The molecular formula is C18H22BNO5. The summed E-state index contributed by atoms with van der Waals surface area (Å²) in [6.07, 6.45) is 4.16. The summed E-state index contributed by atoms with van der Waals surface area (Å²) < 4.78 is 16.5. The summed E-state index contributed by atoms with van der Waals surface area (Å²) in [7, 11) is 1.05. The molecule has 132 valence electrons. The highest BCUT2D eigenvalue weighted by Gasteiger charge is 2.44. The Morgan fingerprint density at radius 1 is 1.24 bits per heavy atom. The fourth-order valence-electron chi connectivity index (χ4n) is 4.35. The highest BCUT2D eigenvalue weighted by atomic mass is 16.5. The van der Waals surface area contributed by atoms with Crippen LogP contribution >= 0.6 is 0 Å². The first kappa shape index (κ1) is 16.5. The normalized spacial score (nSPS) is 26.0. The van der Waals surface area contributed by atoms with Crippen LogP contribution in [0.4, 0.5) is 0 Å². The van der Waals surface area contributed by atoms with Crippen molar-refractivity contribution in [2.45, 2.75) is 50.7 Å². The molecule has 4 rings (SSSR count). The smallest absolute Gasteiger partial charge is 0.379 e. The molecule has 2 aliphatic heterocycles. The number of ether oxygens (including phenoxy) is 2. The van der Waals surface area contributed by atoms with Gasteiger partial charge in [0.1, 0.15) is 17.4 Å². The van der Waals surface area contributed by atoms with Crippen molar-refractivity contribution in [3.05, 3.63) is 34.7 Å². The average molecular weight is 343 g/mol. The third kappa shape index (κ3) is 3.02. The Hall–Kier alpha value is -1.99. The summed E-state index contributed by atoms with van der Waals surface area (Å²) in [5.41, 5.74) is 0.00289. The maximum atomic E-state index is 11.8. The van der Waals surface area contributed by atoms with E-state index in [0.717, 1.165) is 31.1 Å². The first-order valence-corrected chi connectivity index (χ1v) is 8.79. The van der Waals surface area contributed by atoms with Gasteiger partial charge < -0.3 is 23.7 Å². The van der Waals surface area contributed by atoms with Gasteiger partial charge in [-0.2, -0.15) is 0 Å². The first-order valence-electron chi connectivity index (χ1n) is 8.79. The molecule has 3 heterocycles. The van der Waals surface area contributed by atoms with E-state index in [4.69, 9.17) is 13.9 Å². The number of fused-ring (bicyclic) bond motifs is 3. The van der Waals surface area contributed by atoms with Crippen LogP contribution in [-0.2, 0) is 0 Å². The summed E-state index contributed by atoms with van der Waals surface area (Å²) >= 11 is 0. The lowest BCUT2D eigenvalue weighted by Gasteiger charge is -2.39. The second kappa shape index (κ2) is 6.39. The zero-order valence-electron chi connectivity index (χ0n) is 14.5. The van der Waals surface area contributed by atoms with Crippen LogP contribution in [0, 0.1) is 0 Å². The van der Waals surface area contributed by atoms with Gasteiger partial charge in [0.15, 0.2) is 0 Å². The molecule has 2 aromatic rings. The molecule has 1 aromatic carbocycles. The molecule has 0 amide bonds. The van der Waals surface area contributed by atoms with Crippen LogP contribution in [0.1, 0.15) is 25.7 Å². The van der Waals surface area contributed by atoms with E-state index in [2.05, 4.69) is 4.81 Å². The largest absolute Gasteiger partial charge is 0.490 e. The Balaban J connectivity index is 1.53. The molecule has 2 unspecified atom stereocenters. The van der Waals surface area contributed by atoms with Crippen LogP contribution in [-0.4, -0.2) is 42.2 Å². The predicted molar refractivity (Wildman–Crippen MR) is 95.2 cm³/mol. The van der Waals surface area contributed by atoms with E-state index in [1.54, 1.807) is 12.1 Å². The number of piperidine rings is 1. The minimum atomic E-state index is -0.490. The van der Waals surface area contributed by atoms with Gasteiger partial charge in [0.2, 0.25) is 5.75 Å². The van der Waals surface area contributed by atoms with Crippen molar-refractivity contribution in [1.82, 2.24) is 4.81 Å². The summed E-state index contributed by atoms with van der Waals surface area (Å²) in [4.78, 5) is 14.0. The Labute approximate surface area is 146 Å². The van der Waals surface area contributed by atoms with Crippen LogP contribution in [0.2, 0.25) is 6.82 Å². The Kier molecular flexibility index (Phi) is 4.21. The molecular weight excluding hydrogens is 321 g/mol. The van der Waals surface area contributed by atoms with Gasteiger partial charge in [0, 0.05) is 23.5 Å². The van der Waals surface area contributed by atoms with Crippen molar-refractivity contribution in [2.75, 3.05) is 7.11 Å². The lowest BCUT2D eigenvalue weighted by molar-refractivity contribution is 0.0864. The number of rotatable bonds is 4. The zero-order valence-corrected chi connectivity index (χ0v) is 14.5. The highest BCUT2D eigenvalue weighted by molar-refractivity contribution is 6.45. The van der Waals surface area contributed by atoms with Crippen LogP contribution < -0.4 is 15.1 Å². The molecule has 2 saturated heterocycles. The number of hydrogen-bond donors (Lipinski definition) is 1. The molecule has 0 radical (unpaired) electrons. The van der Waals surface area contributed by atoms with Gasteiger partial charge in [0.25, 0.3) is 0 Å². The van der Waals surface area contributed by atoms with Crippen molar-refractivity contribution in [2.24, 2.45) is 0 Å². The van der Waals surface area contributed by atoms with Gasteiger partial charge >= 0.3 is 12.7 Å². The molecule has 3 atom stereocenters. The second-order valence-corrected chi connectivity index (χ2v) is 6.98. The van der Waals surface area contributed by atoms with Crippen molar-refractivity contribution in [1.29, 1.82) is 0 Å². The second-order valence-electron chi connectivity index (χ2n) is 6.98. The SMILES string of the molecule is COc1cc2ccc(OC3CC4CC[C@@H](C3)N4B(C)O)cc2oc1=O. The van der Waals surface area contributed by atoms with Crippen LogP contribution in [0.15, 0.2) is 33.5 Å². The van der Waals surface area contributed by atoms with Crippen molar-refractivity contribution in [3.63, 3.8) is 0 Å². The van der Waals surface area contributed by atoms with Crippen LogP contribution in [0.5, 0.6) is 11.5 Å². The molecule has 6 nitrogen and oxygen atoms in total. The molecule has 1 N–H and O–H groups in total. The molecule has 0 aliphatic carbocycles. The number of benzene rings is 1. The quantitative estimate of drug-likeness (QED) is 0.678. The standard InChI is InChI=1S/C18H22BNO5/c1-19(22)20-12-4-5-13(20)9-15(8-12)24-14-6-3-11-7-17(23-2)18(21)25-16(11)10-14/h3,6-7,10,12-13,15,22H,4-5,8-9H2,1-2H3/t12-,13?,15?/m0/s1.